The fourth-order valence-corrected chi connectivity index (χ4v) is 4.48. The molecule has 3 aromatic rings. The highest BCUT2D eigenvalue weighted by Crippen LogP contribution is 2.33. The molecule has 0 saturated heterocycles. The molecule has 0 atom stereocenters. The molecular weight excluding hydrogens is 470 g/mol. The summed E-state index contributed by atoms with van der Waals surface area (Å²) in [6.07, 6.45) is 8.83. The Labute approximate surface area is 195 Å². The second kappa shape index (κ2) is 10.1. The second-order valence-electron chi connectivity index (χ2n) is 7.81. The SMILES string of the molecule is C=CCOc1c(C=Nn2c(C3CCCCC3)nc3ccc(Br)cc3c2=O)cccc1OC. The van der Waals surface area contributed by atoms with Gasteiger partial charge in [-0.3, -0.25) is 4.79 Å². The number of nitrogens with zero attached hydrogens (tertiary/aromatic N) is 3. The number of halogens is 1. The van der Waals surface area contributed by atoms with E-state index in [9.17, 15) is 4.79 Å². The molecule has 32 heavy (non-hydrogen) atoms. The molecule has 0 unspecified atom stereocenters. The van der Waals surface area contributed by atoms with E-state index in [4.69, 9.17) is 14.5 Å². The van der Waals surface area contributed by atoms with Crippen molar-refractivity contribution in [1.29, 1.82) is 0 Å². The number of aromatic nitrogens is 2. The zero-order valence-electron chi connectivity index (χ0n) is 18.1. The third kappa shape index (κ3) is 4.63. The Hall–Kier alpha value is -2.93. The van der Waals surface area contributed by atoms with Crippen LogP contribution in [0.4, 0.5) is 0 Å². The van der Waals surface area contributed by atoms with Crippen LogP contribution >= 0.6 is 15.9 Å². The minimum absolute atomic E-state index is 0.176. The van der Waals surface area contributed by atoms with E-state index in [1.54, 1.807) is 25.5 Å². The summed E-state index contributed by atoms with van der Waals surface area (Å²) in [6.45, 7) is 4.04. The van der Waals surface area contributed by atoms with Crippen LogP contribution in [0.5, 0.6) is 11.5 Å². The molecule has 6 nitrogen and oxygen atoms in total. The number of hydrogen-bond acceptors (Lipinski definition) is 5. The number of fused-ring (bicyclic) bond motifs is 1. The summed E-state index contributed by atoms with van der Waals surface area (Å²) in [5, 5.41) is 5.15. The van der Waals surface area contributed by atoms with Crippen molar-refractivity contribution in [3.05, 3.63) is 75.3 Å². The van der Waals surface area contributed by atoms with Gasteiger partial charge in [0.25, 0.3) is 5.56 Å². The van der Waals surface area contributed by atoms with Crippen LogP contribution in [-0.2, 0) is 0 Å². The Balaban J connectivity index is 1.85. The smallest absolute Gasteiger partial charge is 0.282 e. The van der Waals surface area contributed by atoms with Crippen LogP contribution in [0.2, 0.25) is 0 Å². The molecule has 0 bridgehead atoms. The molecule has 4 rings (SSSR count). The summed E-state index contributed by atoms with van der Waals surface area (Å²) in [7, 11) is 1.59. The standard InChI is InChI=1S/C25H26BrN3O3/c1-3-14-32-23-18(10-7-11-22(23)31-2)16-27-29-24(17-8-5-4-6-9-17)28-21-13-12-19(26)15-20(21)25(29)30/h3,7,10-13,15-17H,1,4-6,8-9,14H2,2H3. The molecule has 1 fully saturated rings. The van der Waals surface area contributed by atoms with Gasteiger partial charge in [-0.05, 0) is 43.2 Å². The Bertz CT molecular complexity index is 1210. The molecule has 1 aliphatic rings. The fourth-order valence-electron chi connectivity index (χ4n) is 4.11. The van der Waals surface area contributed by atoms with Crippen LogP contribution in [-0.4, -0.2) is 29.6 Å². The molecule has 2 aromatic carbocycles. The van der Waals surface area contributed by atoms with Gasteiger partial charge in [-0.1, -0.05) is 53.9 Å². The van der Waals surface area contributed by atoms with E-state index in [0.717, 1.165) is 36.0 Å². The first kappa shape index (κ1) is 22.3. The van der Waals surface area contributed by atoms with Crippen LogP contribution < -0.4 is 15.0 Å². The molecule has 0 aliphatic heterocycles. The summed E-state index contributed by atoms with van der Waals surface area (Å²) in [5.41, 5.74) is 1.23. The van der Waals surface area contributed by atoms with E-state index < -0.39 is 0 Å². The van der Waals surface area contributed by atoms with Crippen molar-refractivity contribution >= 4 is 33.0 Å². The van der Waals surface area contributed by atoms with Crippen LogP contribution in [0, 0.1) is 0 Å². The monoisotopic (exact) mass is 495 g/mol. The summed E-state index contributed by atoms with van der Waals surface area (Å²) in [6, 6.07) is 11.1. The van der Waals surface area contributed by atoms with Gasteiger partial charge in [0.05, 0.1) is 24.2 Å². The number of methoxy groups -OCH3 is 1. The summed E-state index contributed by atoms with van der Waals surface area (Å²) in [5.74, 6) is 2.08. The average Bonchev–Trinajstić information content (AvgIpc) is 2.83. The number of para-hydroxylation sites is 1. The Morgan fingerprint density at radius 1 is 1.25 bits per heavy atom. The van der Waals surface area contributed by atoms with Gasteiger partial charge in [-0.15, -0.1) is 0 Å². The number of ether oxygens (including phenoxy) is 2. The van der Waals surface area contributed by atoms with Crippen LogP contribution in [0.15, 0.2) is 63.4 Å². The predicted octanol–water partition coefficient (Wildman–Crippen LogP) is 5.66. The quantitative estimate of drug-likeness (QED) is 0.313. The van der Waals surface area contributed by atoms with Gasteiger partial charge in [0.2, 0.25) is 0 Å². The molecule has 1 aromatic heterocycles. The first-order valence-corrected chi connectivity index (χ1v) is 11.6. The highest BCUT2D eigenvalue weighted by atomic mass is 79.9. The number of hydrogen-bond donors (Lipinski definition) is 0. The van der Waals surface area contributed by atoms with E-state index in [0.29, 0.717) is 34.6 Å². The van der Waals surface area contributed by atoms with Crippen molar-refractivity contribution in [1.82, 2.24) is 9.66 Å². The number of rotatable bonds is 7. The largest absolute Gasteiger partial charge is 0.493 e. The molecule has 1 heterocycles. The summed E-state index contributed by atoms with van der Waals surface area (Å²) in [4.78, 5) is 18.3. The second-order valence-corrected chi connectivity index (χ2v) is 8.72. The summed E-state index contributed by atoms with van der Waals surface area (Å²) >= 11 is 3.46. The van der Waals surface area contributed by atoms with Gasteiger partial charge in [0.15, 0.2) is 11.5 Å². The lowest BCUT2D eigenvalue weighted by Crippen LogP contribution is -2.25. The van der Waals surface area contributed by atoms with Gasteiger partial charge in [-0.25, -0.2) is 4.98 Å². The average molecular weight is 496 g/mol. The molecule has 7 heteroatoms. The van der Waals surface area contributed by atoms with Crippen molar-refractivity contribution in [2.75, 3.05) is 13.7 Å². The molecule has 166 valence electrons. The van der Waals surface area contributed by atoms with Crippen molar-refractivity contribution in [2.24, 2.45) is 5.10 Å². The van der Waals surface area contributed by atoms with Gasteiger partial charge in [0, 0.05) is 16.0 Å². The van der Waals surface area contributed by atoms with E-state index in [1.165, 1.54) is 11.1 Å². The Kier molecular flexibility index (Phi) is 7.05. The zero-order chi connectivity index (χ0) is 22.5. The molecule has 0 radical (unpaired) electrons. The van der Waals surface area contributed by atoms with Crippen molar-refractivity contribution in [3.63, 3.8) is 0 Å². The van der Waals surface area contributed by atoms with Crippen LogP contribution in [0.3, 0.4) is 0 Å². The van der Waals surface area contributed by atoms with Gasteiger partial charge < -0.3 is 9.47 Å². The van der Waals surface area contributed by atoms with E-state index in [2.05, 4.69) is 27.6 Å². The molecule has 0 amide bonds. The van der Waals surface area contributed by atoms with E-state index in [1.807, 2.05) is 30.3 Å². The first-order valence-electron chi connectivity index (χ1n) is 10.8. The third-order valence-corrected chi connectivity index (χ3v) is 6.18. The predicted molar refractivity (Wildman–Crippen MR) is 131 cm³/mol. The van der Waals surface area contributed by atoms with Crippen molar-refractivity contribution < 1.29 is 9.47 Å². The lowest BCUT2D eigenvalue weighted by molar-refractivity contribution is 0.326. The van der Waals surface area contributed by atoms with E-state index >= 15 is 0 Å². The first-order chi connectivity index (χ1) is 15.6. The highest BCUT2D eigenvalue weighted by molar-refractivity contribution is 9.10. The highest BCUT2D eigenvalue weighted by Gasteiger charge is 2.22. The van der Waals surface area contributed by atoms with E-state index in [-0.39, 0.29) is 11.5 Å². The van der Waals surface area contributed by atoms with Gasteiger partial charge >= 0.3 is 0 Å². The molecule has 1 saturated carbocycles. The van der Waals surface area contributed by atoms with Crippen LogP contribution in [0.25, 0.3) is 10.9 Å². The van der Waals surface area contributed by atoms with Crippen molar-refractivity contribution in [2.45, 2.75) is 38.0 Å². The molecule has 0 N–H and O–H groups in total. The third-order valence-electron chi connectivity index (χ3n) is 5.69. The molecule has 1 aliphatic carbocycles. The molecule has 0 spiro atoms. The van der Waals surface area contributed by atoms with Crippen molar-refractivity contribution in [3.8, 4) is 11.5 Å². The topological polar surface area (TPSA) is 65.7 Å². The fraction of sp³-hybridized carbons (Fsp3) is 0.320. The van der Waals surface area contributed by atoms with Crippen LogP contribution in [0.1, 0.15) is 49.4 Å². The molecular formula is C25H26BrN3O3. The normalized spacial score (nSPS) is 14.7. The maximum Gasteiger partial charge on any atom is 0.282 e. The zero-order valence-corrected chi connectivity index (χ0v) is 19.7. The maximum absolute atomic E-state index is 13.5. The minimum Gasteiger partial charge on any atom is -0.493 e. The van der Waals surface area contributed by atoms with Gasteiger partial charge in [-0.2, -0.15) is 9.78 Å². The Morgan fingerprint density at radius 2 is 2.06 bits per heavy atom. The summed E-state index contributed by atoms with van der Waals surface area (Å²) < 4.78 is 13.5. The Morgan fingerprint density at radius 3 is 2.81 bits per heavy atom. The van der Waals surface area contributed by atoms with Gasteiger partial charge in [0.1, 0.15) is 12.4 Å². The lowest BCUT2D eigenvalue weighted by Gasteiger charge is -2.22. The minimum atomic E-state index is -0.176. The lowest BCUT2D eigenvalue weighted by atomic mass is 9.88. The number of benzene rings is 2. The maximum atomic E-state index is 13.5.